The number of rotatable bonds is 4. The summed E-state index contributed by atoms with van der Waals surface area (Å²) < 4.78 is 2.61. The smallest absolute Gasteiger partial charge is 0.258 e. The van der Waals surface area contributed by atoms with Crippen LogP contribution in [0.4, 0.5) is 5.69 Å². The minimum Gasteiger partial charge on any atom is -0.319 e. The molecule has 0 aliphatic carbocycles. The predicted molar refractivity (Wildman–Crippen MR) is 90.1 cm³/mol. The molecule has 4 nitrogen and oxygen atoms in total. The Morgan fingerprint density at radius 3 is 2.73 bits per heavy atom. The van der Waals surface area contributed by atoms with Crippen molar-refractivity contribution in [2.75, 3.05) is 5.32 Å². The predicted octanol–water partition coefficient (Wildman–Crippen LogP) is 4.55. The van der Waals surface area contributed by atoms with Gasteiger partial charge in [-0.05, 0) is 11.6 Å². The van der Waals surface area contributed by atoms with Gasteiger partial charge in [0.25, 0.3) is 5.91 Å². The van der Waals surface area contributed by atoms with Crippen LogP contribution in [0.25, 0.3) is 0 Å². The lowest BCUT2D eigenvalue weighted by Gasteiger charge is -2.02. The van der Waals surface area contributed by atoms with Crippen LogP contribution in [0, 0.1) is 0 Å². The minimum absolute atomic E-state index is 0.299. The van der Waals surface area contributed by atoms with E-state index >= 15 is 0 Å². The Morgan fingerprint density at radius 1 is 1.27 bits per heavy atom. The summed E-state index contributed by atoms with van der Waals surface area (Å²) in [6, 6.07) is 11.5. The lowest BCUT2D eigenvalue weighted by atomic mass is 10.2. The molecule has 112 valence electrons. The summed E-state index contributed by atoms with van der Waals surface area (Å²) >= 11 is 13.0. The molecule has 0 fully saturated rings. The molecule has 22 heavy (non-hydrogen) atoms. The molecule has 0 saturated carbocycles. The first kappa shape index (κ1) is 15.1. The highest BCUT2D eigenvalue weighted by Crippen LogP contribution is 2.31. The number of nitrogens with one attached hydrogen (secondary N) is 1. The van der Waals surface area contributed by atoms with E-state index in [1.54, 1.807) is 23.1 Å². The quantitative estimate of drug-likeness (QED) is 0.749. The van der Waals surface area contributed by atoms with Crippen LogP contribution in [0.2, 0.25) is 8.67 Å². The van der Waals surface area contributed by atoms with Crippen molar-refractivity contribution in [3.05, 3.63) is 68.6 Å². The number of nitrogens with zero attached hydrogens (tertiary/aromatic N) is 2. The Bertz CT molecular complexity index is 798. The average Bonchev–Trinajstić information content (AvgIpc) is 3.06. The molecule has 3 rings (SSSR count). The lowest BCUT2D eigenvalue weighted by molar-refractivity contribution is 0.102. The SMILES string of the molecule is O=C(Nc1cnn(Cc2ccccc2)c1)c1cc(Cl)sc1Cl. The largest absolute Gasteiger partial charge is 0.319 e. The number of halogens is 2. The fraction of sp³-hybridized carbons (Fsp3) is 0.0667. The molecule has 1 N–H and O–H groups in total. The topological polar surface area (TPSA) is 46.9 Å². The second-order valence-electron chi connectivity index (χ2n) is 4.60. The summed E-state index contributed by atoms with van der Waals surface area (Å²) in [6.45, 7) is 0.641. The van der Waals surface area contributed by atoms with Gasteiger partial charge in [0, 0.05) is 6.20 Å². The number of thiophene rings is 1. The fourth-order valence-corrected chi connectivity index (χ4v) is 3.44. The van der Waals surface area contributed by atoms with Gasteiger partial charge in [0.2, 0.25) is 0 Å². The number of amides is 1. The highest BCUT2D eigenvalue weighted by atomic mass is 35.5. The van der Waals surface area contributed by atoms with E-state index in [0.29, 0.717) is 26.5 Å². The van der Waals surface area contributed by atoms with Crippen molar-refractivity contribution >= 4 is 46.1 Å². The van der Waals surface area contributed by atoms with Gasteiger partial charge in [-0.2, -0.15) is 5.10 Å². The van der Waals surface area contributed by atoms with Gasteiger partial charge in [-0.3, -0.25) is 9.48 Å². The highest BCUT2D eigenvalue weighted by molar-refractivity contribution is 7.20. The van der Waals surface area contributed by atoms with Crippen molar-refractivity contribution in [3.63, 3.8) is 0 Å². The highest BCUT2D eigenvalue weighted by Gasteiger charge is 2.15. The Kier molecular flexibility index (Phi) is 4.47. The molecule has 0 aliphatic rings. The van der Waals surface area contributed by atoms with Crippen LogP contribution in [0.1, 0.15) is 15.9 Å². The third-order valence-electron chi connectivity index (χ3n) is 2.98. The van der Waals surface area contributed by atoms with E-state index in [-0.39, 0.29) is 5.91 Å². The van der Waals surface area contributed by atoms with Gasteiger partial charge >= 0.3 is 0 Å². The first-order chi connectivity index (χ1) is 10.6. The number of anilines is 1. The van der Waals surface area contributed by atoms with Crippen LogP contribution in [-0.4, -0.2) is 15.7 Å². The van der Waals surface area contributed by atoms with Crippen molar-refractivity contribution in [3.8, 4) is 0 Å². The molecule has 0 unspecified atom stereocenters. The molecule has 7 heteroatoms. The van der Waals surface area contributed by atoms with Gasteiger partial charge in [0.15, 0.2) is 0 Å². The number of aromatic nitrogens is 2. The monoisotopic (exact) mass is 351 g/mol. The first-order valence-electron chi connectivity index (χ1n) is 6.44. The first-order valence-corrected chi connectivity index (χ1v) is 8.01. The second-order valence-corrected chi connectivity index (χ2v) is 6.89. The molecule has 0 saturated heterocycles. The van der Waals surface area contributed by atoms with Gasteiger partial charge in [0.1, 0.15) is 4.34 Å². The van der Waals surface area contributed by atoms with Crippen LogP contribution in [-0.2, 0) is 6.54 Å². The van der Waals surface area contributed by atoms with Crippen molar-refractivity contribution in [1.82, 2.24) is 9.78 Å². The standard InChI is InChI=1S/C15H11Cl2N3OS/c16-13-6-12(14(17)22-13)15(21)19-11-7-18-20(9-11)8-10-4-2-1-3-5-10/h1-7,9H,8H2,(H,19,21). The van der Waals surface area contributed by atoms with Crippen LogP contribution in [0.3, 0.4) is 0 Å². The fourth-order valence-electron chi connectivity index (χ4n) is 1.98. The molecule has 2 heterocycles. The maximum absolute atomic E-state index is 12.1. The lowest BCUT2D eigenvalue weighted by Crippen LogP contribution is -2.10. The van der Waals surface area contributed by atoms with Crippen LogP contribution >= 0.6 is 34.5 Å². The molecule has 0 radical (unpaired) electrons. The van der Waals surface area contributed by atoms with E-state index in [2.05, 4.69) is 10.4 Å². The van der Waals surface area contributed by atoms with Crippen LogP contribution in [0.5, 0.6) is 0 Å². The van der Waals surface area contributed by atoms with Gasteiger partial charge in [-0.25, -0.2) is 0 Å². The average molecular weight is 352 g/mol. The zero-order valence-corrected chi connectivity index (χ0v) is 13.6. The molecule has 0 bridgehead atoms. The number of hydrogen-bond acceptors (Lipinski definition) is 3. The molecular weight excluding hydrogens is 341 g/mol. The molecule has 0 aliphatic heterocycles. The Balaban J connectivity index is 1.69. The van der Waals surface area contributed by atoms with E-state index in [1.807, 2.05) is 30.3 Å². The maximum Gasteiger partial charge on any atom is 0.258 e. The van der Waals surface area contributed by atoms with Crippen LogP contribution in [0.15, 0.2) is 48.8 Å². The van der Waals surface area contributed by atoms with Gasteiger partial charge in [-0.15, -0.1) is 11.3 Å². The molecule has 1 amide bonds. The van der Waals surface area contributed by atoms with Crippen molar-refractivity contribution in [2.24, 2.45) is 0 Å². The summed E-state index contributed by atoms with van der Waals surface area (Å²) in [7, 11) is 0. The normalized spacial score (nSPS) is 10.6. The number of carbonyl (C=O) groups is 1. The third kappa shape index (κ3) is 3.50. The Hall–Kier alpha value is -1.82. The zero-order valence-electron chi connectivity index (χ0n) is 11.3. The van der Waals surface area contributed by atoms with E-state index in [9.17, 15) is 4.79 Å². The summed E-state index contributed by atoms with van der Waals surface area (Å²) in [6.07, 6.45) is 3.37. The summed E-state index contributed by atoms with van der Waals surface area (Å²) in [5, 5.41) is 6.99. The van der Waals surface area contributed by atoms with Gasteiger partial charge in [-0.1, -0.05) is 53.5 Å². The van der Waals surface area contributed by atoms with E-state index in [4.69, 9.17) is 23.2 Å². The zero-order chi connectivity index (χ0) is 15.5. The summed E-state index contributed by atoms with van der Waals surface area (Å²) in [5.41, 5.74) is 2.11. The molecule has 0 spiro atoms. The number of hydrogen-bond donors (Lipinski definition) is 1. The summed E-state index contributed by atoms with van der Waals surface area (Å²) in [5.74, 6) is -0.299. The van der Waals surface area contributed by atoms with Crippen LogP contribution < -0.4 is 5.32 Å². The molecule has 2 aromatic heterocycles. The minimum atomic E-state index is -0.299. The van der Waals surface area contributed by atoms with E-state index in [0.717, 1.165) is 16.9 Å². The van der Waals surface area contributed by atoms with Crippen molar-refractivity contribution < 1.29 is 4.79 Å². The third-order valence-corrected chi connectivity index (χ3v) is 4.47. The van der Waals surface area contributed by atoms with Crippen molar-refractivity contribution in [2.45, 2.75) is 6.54 Å². The molecule has 3 aromatic rings. The second kappa shape index (κ2) is 6.52. The number of carbonyl (C=O) groups excluding carboxylic acids is 1. The molecule has 1 aromatic carbocycles. The Labute approximate surface area is 141 Å². The van der Waals surface area contributed by atoms with Crippen molar-refractivity contribution in [1.29, 1.82) is 0 Å². The van der Waals surface area contributed by atoms with Gasteiger partial charge < -0.3 is 5.32 Å². The number of benzene rings is 1. The van der Waals surface area contributed by atoms with E-state index < -0.39 is 0 Å². The maximum atomic E-state index is 12.1. The Morgan fingerprint density at radius 2 is 2.05 bits per heavy atom. The summed E-state index contributed by atoms with van der Waals surface area (Å²) in [4.78, 5) is 12.1. The molecule has 0 atom stereocenters. The van der Waals surface area contributed by atoms with E-state index in [1.165, 1.54) is 0 Å². The molecular formula is C15H11Cl2N3OS. The van der Waals surface area contributed by atoms with Gasteiger partial charge in [0.05, 0.1) is 28.3 Å².